The molecule has 136 valence electrons. The van der Waals surface area contributed by atoms with Crippen LogP contribution in [-0.2, 0) is 20.6 Å². The summed E-state index contributed by atoms with van der Waals surface area (Å²) < 4.78 is 37.7. The van der Waals surface area contributed by atoms with Crippen molar-refractivity contribution in [1.29, 1.82) is 0 Å². The number of halogens is 3. The van der Waals surface area contributed by atoms with Crippen LogP contribution < -0.4 is 10.6 Å². The summed E-state index contributed by atoms with van der Waals surface area (Å²) in [6.07, 6.45) is 0.301. The summed E-state index contributed by atoms with van der Waals surface area (Å²) in [7, 11) is 0. The van der Waals surface area contributed by atoms with Gasteiger partial charge in [-0.15, -0.1) is 0 Å². The van der Waals surface area contributed by atoms with Crippen LogP contribution in [0, 0.1) is 0 Å². The van der Waals surface area contributed by atoms with Crippen molar-refractivity contribution < 1.29 is 27.6 Å². The van der Waals surface area contributed by atoms with Gasteiger partial charge in [0.1, 0.15) is 6.21 Å². The van der Waals surface area contributed by atoms with Crippen molar-refractivity contribution in [3.05, 3.63) is 29.8 Å². The van der Waals surface area contributed by atoms with Crippen LogP contribution in [0.3, 0.4) is 0 Å². The van der Waals surface area contributed by atoms with Crippen LogP contribution in [0.1, 0.15) is 31.2 Å². The fourth-order valence-electron chi connectivity index (χ4n) is 2.47. The van der Waals surface area contributed by atoms with Crippen LogP contribution >= 0.6 is 0 Å². The van der Waals surface area contributed by atoms with Crippen LogP contribution in [0.5, 0.6) is 0 Å². The van der Waals surface area contributed by atoms with Gasteiger partial charge in [0.2, 0.25) is 0 Å². The van der Waals surface area contributed by atoms with E-state index in [1.165, 1.54) is 12.1 Å². The van der Waals surface area contributed by atoms with Crippen molar-refractivity contribution in [2.45, 2.75) is 37.9 Å². The van der Waals surface area contributed by atoms with Gasteiger partial charge in [-0.2, -0.15) is 13.2 Å². The number of nitrogens with zero attached hydrogens (tertiary/aromatic N) is 1. The van der Waals surface area contributed by atoms with E-state index in [-0.39, 0.29) is 24.2 Å². The number of alkyl halides is 3. The van der Waals surface area contributed by atoms with Crippen LogP contribution in [0.15, 0.2) is 29.4 Å². The maximum Gasteiger partial charge on any atom is 0.416 e. The Labute approximate surface area is 142 Å². The Hall–Kier alpha value is -2.58. The molecule has 2 N–H and O–H groups in total. The van der Waals surface area contributed by atoms with E-state index in [9.17, 15) is 22.8 Å². The lowest BCUT2D eigenvalue weighted by atomic mass is 10.2. The Kier molecular flexibility index (Phi) is 6.37. The molecule has 0 heterocycles. The second-order valence-electron chi connectivity index (χ2n) is 5.62. The van der Waals surface area contributed by atoms with Crippen molar-refractivity contribution in [1.82, 2.24) is 5.32 Å². The van der Waals surface area contributed by atoms with Gasteiger partial charge in [0, 0.05) is 11.7 Å². The molecule has 1 aromatic rings. The summed E-state index contributed by atoms with van der Waals surface area (Å²) in [4.78, 5) is 27.8. The Balaban J connectivity index is 1.74. The van der Waals surface area contributed by atoms with Crippen molar-refractivity contribution in [3.8, 4) is 0 Å². The number of nitrogens with one attached hydrogen (secondary N) is 2. The normalized spacial score (nSPS) is 15.3. The maximum atomic E-state index is 12.6. The summed E-state index contributed by atoms with van der Waals surface area (Å²) in [5.74, 6) is -1.10. The van der Waals surface area contributed by atoms with Crippen molar-refractivity contribution >= 4 is 23.7 Å². The number of carbonyl (C=O) groups is 2. The molecule has 0 unspecified atom stereocenters. The number of rotatable bonds is 6. The number of amides is 2. The zero-order valence-electron chi connectivity index (χ0n) is 13.3. The number of carbonyl (C=O) groups excluding carboxylic acids is 2. The highest BCUT2D eigenvalue weighted by atomic mass is 19.4. The molecule has 1 aliphatic carbocycles. The van der Waals surface area contributed by atoms with Gasteiger partial charge in [0.05, 0.1) is 5.56 Å². The van der Waals surface area contributed by atoms with Crippen LogP contribution in [0.2, 0.25) is 0 Å². The fourth-order valence-corrected chi connectivity index (χ4v) is 2.47. The summed E-state index contributed by atoms with van der Waals surface area (Å²) in [5.41, 5.74) is -0.896. The van der Waals surface area contributed by atoms with Gasteiger partial charge in [0.15, 0.2) is 6.61 Å². The first-order chi connectivity index (χ1) is 11.8. The molecule has 0 aliphatic heterocycles. The number of anilines is 1. The minimum atomic E-state index is -4.50. The Morgan fingerprint density at radius 1 is 1.28 bits per heavy atom. The Morgan fingerprint density at radius 2 is 2.00 bits per heavy atom. The maximum absolute atomic E-state index is 12.6. The number of hydrogen-bond acceptors (Lipinski definition) is 4. The minimum absolute atomic E-state index is 0.0229. The summed E-state index contributed by atoms with van der Waals surface area (Å²) in [5, 5.41) is 8.35. The summed E-state index contributed by atoms with van der Waals surface area (Å²) >= 11 is 0. The molecule has 0 atom stereocenters. The Bertz CT molecular complexity index is 641. The number of hydrogen-bond donors (Lipinski definition) is 2. The molecule has 0 bridgehead atoms. The average Bonchev–Trinajstić information content (AvgIpc) is 3.04. The van der Waals surface area contributed by atoms with Gasteiger partial charge in [0.25, 0.3) is 11.8 Å². The van der Waals surface area contributed by atoms with E-state index in [0.717, 1.165) is 44.0 Å². The molecule has 0 spiro atoms. The lowest BCUT2D eigenvalue weighted by Gasteiger charge is -2.10. The molecule has 0 aromatic heterocycles. The van der Waals surface area contributed by atoms with E-state index in [1.807, 2.05) is 0 Å². The van der Waals surface area contributed by atoms with E-state index in [0.29, 0.717) is 0 Å². The van der Waals surface area contributed by atoms with Gasteiger partial charge < -0.3 is 15.5 Å². The standard InChI is InChI=1S/C16H18F3N3O3/c17-16(18,19)11-4-3-7-13(8-11)22-14(23)9-20-25-10-15(24)21-12-5-1-2-6-12/h3-4,7-9,12H,1-2,5-6,10H2,(H,21,24)(H,22,23)/b20-9+. The molecule has 0 radical (unpaired) electrons. The lowest BCUT2D eigenvalue weighted by molar-refractivity contribution is -0.137. The summed E-state index contributed by atoms with van der Waals surface area (Å²) in [6.45, 7) is -0.330. The van der Waals surface area contributed by atoms with E-state index in [4.69, 9.17) is 4.84 Å². The molecule has 25 heavy (non-hydrogen) atoms. The average molecular weight is 357 g/mol. The molecular formula is C16H18F3N3O3. The van der Waals surface area contributed by atoms with E-state index < -0.39 is 17.6 Å². The first kappa shape index (κ1) is 18.8. The molecular weight excluding hydrogens is 339 g/mol. The van der Waals surface area contributed by atoms with Gasteiger partial charge in [-0.25, -0.2) is 0 Å². The Morgan fingerprint density at radius 3 is 2.68 bits per heavy atom. The SMILES string of the molecule is O=C(/C=N/OCC(=O)NC1CCCC1)Nc1cccc(C(F)(F)F)c1. The first-order valence-corrected chi connectivity index (χ1v) is 7.77. The highest BCUT2D eigenvalue weighted by Gasteiger charge is 2.30. The van der Waals surface area contributed by atoms with Gasteiger partial charge >= 0.3 is 6.18 Å². The minimum Gasteiger partial charge on any atom is -0.386 e. The molecule has 6 nitrogen and oxygen atoms in total. The highest BCUT2D eigenvalue weighted by molar-refractivity contribution is 6.31. The quantitative estimate of drug-likeness (QED) is 0.607. The molecule has 1 fully saturated rings. The third kappa shape index (κ3) is 6.44. The number of oxime groups is 1. The van der Waals surface area contributed by atoms with Crippen LogP contribution in [0.4, 0.5) is 18.9 Å². The highest BCUT2D eigenvalue weighted by Crippen LogP contribution is 2.30. The predicted octanol–water partition coefficient (Wildman–Crippen LogP) is 2.71. The smallest absolute Gasteiger partial charge is 0.386 e. The zero-order valence-corrected chi connectivity index (χ0v) is 13.3. The number of benzene rings is 1. The second kappa shape index (κ2) is 8.50. The topological polar surface area (TPSA) is 79.8 Å². The van der Waals surface area contributed by atoms with Crippen LogP contribution in [0.25, 0.3) is 0 Å². The van der Waals surface area contributed by atoms with Gasteiger partial charge in [-0.05, 0) is 31.0 Å². The van der Waals surface area contributed by atoms with E-state index in [1.54, 1.807) is 0 Å². The van der Waals surface area contributed by atoms with Crippen LogP contribution in [-0.4, -0.2) is 30.7 Å². The van der Waals surface area contributed by atoms with Crippen molar-refractivity contribution in [2.75, 3.05) is 11.9 Å². The molecule has 0 saturated heterocycles. The third-order valence-electron chi connectivity index (χ3n) is 3.62. The zero-order chi connectivity index (χ0) is 18.3. The third-order valence-corrected chi connectivity index (χ3v) is 3.62. The van der Waals surface area contributed by atoms with Gasteiger partial charge in [-0.3, -0.25) is 9.59 Å². The van der Waals surface area contributed by atoms with E-state index in [2.05, 4.69) is 15.8 Å². The fraction of sp³-hybridized carbons (Fsp3) is 0.438. The second-order valence-corrected chi connectivity index (χ2v) is 5.62. The molecule has 2 amide bonds. The summed E-state index contributed by atoms with van der Waals surface area (Å²) in [6, 6.07) is 4.36. The molecule has 9 heteroatoms. The molecule has 1 aliphatic rings. The molecule has 1 saturated carbocycles. The monoisotopic (exact) mass is 357 g/mol. The van der Waals surface area contributed by atoms with Crippen molar-refractivity contribution in [3.63, 3.8) is 0 Å². The largest absolute Gasteiger partial charge is 0.416 e. The first-order valence-electron chi connectivity index (χ1n) is 7.77. The molecule has 1 aromatic carbocycles. The lowest BCUT2D eigenvalue weighted by Crippen LogP contribution is -2.35. The van der Waals surface area contributed by atoms with E-state index >= 15 is 0 Å². The van der Waals surface area contributed by atoms with Crippen molar-refractivity contribution in [2.24, 2.45) is 5.16 Å². The van der Waals surface area contributed by atoms with Gasteiger partial charge in [-0.1, -0.05) is 24.1 Å². The molecule has 2 rings (SSSR count). The predicted molar refractivity (Wildman–Crippen MR) is 84.9 cm³/mol.